The largest absolute Gasteiger partial charge is 0.326 e. The minimum atomic E-state index is -0.391. The quantitative estimate of drug-likeness (QED) is 0.854. The fourth-order valence-electron chi connectivity index (χ4n) is 3.27. The first-order chi connectivity index (χ1) is 13.0. The summed E-state index contributed by atoms with van der Waals surface area (Å²) in [6.07, 6.45) is 1.03. The molecule has 1 unspecified atom stereocenters. The lowest BCUT2D eigenvalue weighted by Gasteiger charge is -2.20. The van der Waals surface area contributed by atoms with Gasteiger partial charge >= 0.3 is 0 Å². The standard InChI is InChI=1S/C21H23N3O3/c1-3-15-6-4-5-7-19(15)24-13-16(12-20(24)26)21(27)23-18-10-8-17(9-11-18)22-14(2)25/h4-11,16H,3,12-13H2,1-2H3,(H,22,25)(H,23,27). The summed E-state index contributed by atoms with van der Waals surface area (Å²) in [7, 11) is 0. The third-order valence-corrected chi connectivity index (χ3v) is 4.63. The van der Waals surface area contributed by atoms with Gasteiger partial charge in [0, 0.05) is 37.0 Å². The Balaban J connectivity index is 1.66. The van der Waals surface area contributed by atoms with Gasteiger partial charge in [0.2, 0.25) is 17.7 Å². The molecule has 1 aliphatic heterocycles. The van der Waals surface area contributed by atoms with Crippen molar-refractivity contribution in [1.82, 2.24) is 0 Å². The van der Waals surface area contributed by atoms with E-state index in [1.165, 1.54) is 6.92 Å². The van der Waals surface area contributed by atoms with E-state index < -0.39 is 5.92 Å². The fraction of sp³-hybridized carbons (Fsp3) is 0.286. The minimum Gasteiger partial charge on any atom is -0.326 e. The Kier molecular flexibility index (Phi) is 5.54. The lowest BCUT2D eigenvalue weighted by Crippen LogP contribution is -2.28. The number of para-hydroxylation sites is 1. The molecule has 3 amide bonds. The van der Waals surface area contributed by atoms with E-state index in [9.17, 15) is 14.4 Å². The van der Waals surface area contributed by atoms with E-state index in [1.807, 2.05) is 31.2 Å². The van der Waals surface area contributed by atoms with Crippen LogP contribution in [-0.2, 0) is 20.8 Å². The molecule has 2 aromatic carbocycles. The van der Waals surface area contributed by atoms with Crippen molar-refractivity contribution < 1.29 is 14.4 Å². The van der Waals surface area contributed by atoms with Crippen LogP contribution in [-0.4, -0.2) is 24.3 Å². The van der Waals surface area contributed by atoms with Crippen molar-refractivity contribution in [1.29, 1.82) is 0 Å². The molecule has 0 aromatic heterocycles. The van der Waals surface area contributed by atoms with Crippen LogP contribution >= 0.6 is 0 Å². The predicted molar refractivity (Wildman–Crippen MR) is 106 cm³/mol. The summed E-state index contributed by atoms with van der Waals surface area (Å²) in [5.74, 6) is -0.745. The number of anilines is 3. The van der Waals surface area contributed by atoms with Crippen LogP contribution in [0.4, 0.5) is 17.1 Å². The van der Waals surface area contributed by atoms with Crippen molar-refractivity contribution in [2.24, 2.45) is 5.92 Å². The van der Waals surface area contributed by atoms with E-state index >= 15 is 0 Å². The Labute approximate surface area is 158 Å². The van der Waals surface area contributed by atoms with E-state index in [2.05, 4.69) is 10.6 Å². The number of aryl methyl sites for hydroxylation is 1. The Bertz CT molecular complexity index is 861. The topological polar surface area (TPSA) is 78.5 Å². The molecule has 0 radical (unpaired) electrons. The second kappa shape index (κ2) is 8.03. The minimum absolute atomic E-state index is 0.0305. The van der Waals surface area contributed by atoms with Gasteiger partial charge in [0.05, 0.1) is 5.92 Å². The number of carbonyl (C=O) groups is 3. The van der Waals surface area contributed by atoms with Crippen molar-refractivity contribution in [2.45, 2.75) is 26.7 Å². The third kappa shape index (κ3) is 4.34. The number of rotatable bonds is 5. The monoisotopic (exact) mass is 365 g/mol. The van der Waals surface area contributed by atoms with Gasteiger partial charge in [0.1, 0.15) is 0 Å². The first kappa shape index (κ1) is 18.6. The predicted octanol–water partition coefficient (Wildman–Crippen LogP) is 3.20. The van der Waals surface area contributed by atoms with Gasteiger partial charge in [-0.25, -0.2) is 0 Å². The molecular formula is C21H23N3O3. The lowest BCUT2D eigenvalue weighted by atomic mass is 10.1. The Morgan fingerprint density at radius 1 is 1.04 bits per heavy atom. The molecule has 2 aromatic rings. The summed E-state index contributed by atoms with van der Waals surface area (Å²) in [6.45, 7) is 3.87. The molecule has 2 N–H and O–H groups in total. The molecule has 1 fully saturated rings. The molecule has 0 saturated carbocycles. The molecule has 1 heterocycles. The van der Waals surface area contributed by atoms with Crippen molar-refractivity contribution in [2.75, 3.05) is 22.1 Å². The summed E-state index contributed by atoms with van der Waals surface area (Å²) in [5, 5.41) is 5.53. The molecule has 1 saturated heterocycles. The molecule has 27 heavy (non-hydrogen) atoms. The molecule has 6 heteroatoms. The fourth-order valence-corrected chi connectivity index (χ4v) is 3.27. The van der Waals surface area contributed by atoms with Gasteiger partial charge in [-0.1, -0.05) is 25.1 Å². The summed E-state index contributed by atoms with van der Waals surface area (Å²) in [4.78, 5) is 37.8. The van der Waals surface area contributed by atoms with E-state index in [4.69, 9.17) is 0 Å². The summed E-state index contributed by atoms with van der Waals surface area (Å²) in [6, 6.07) is 14.7. The molecule has 0 spiro atoms. The zero-order valence-corrected chi connectivity index (χ0v) is 15.5. The normalized spacial score (nSPS) is 16.3. The lowest BCUT2D eigenvalue weighted by molar-refractivity contribution is -0.122. The van der Waals surface area contributed by atoms with Gasteiger partial charge in [0.15, 0.2) is 0 Å². The molecular weight excluding hydrogens is 342 g/mol. The third-order valence-electron chi connectivity index (χ3n) is 4.63. The van der Waals surface area contributed by atoms with E-state index in [-0.39, 0.29) is 24.1 Å². The number of hydrogen-bond donors (Lipinski definition) is 2. The Morgan fingerprint density at radius 3 is 2.30 bits per heavy atom. The molecule has 1 aliphatic rings. The smallest absolute Gasteiger partial charge is 0.229 e. The zero-order valence-electron chi connectivity index (χ0n) is 15.5. The van der Waals surface area contributed by atoms with Gasteiger partial charge in [-0.05, 0) is 42.3 Å². The first-order valence-corrected chi connectivity index (χ1v) is 9.04. The van der Waals surface area contributed by atoms with E-state index in [0.29, 0.717) is 17.9 Å². The van der Waals surface area contributed by atoms with Crippen LogP contribution < -0.4 is 15.5 Å². The van der Waals surface area contributed by atoms with Crippen LogP contribution in [0.5, 0.6) is 0 Å². The Hall–Kier alpha value is -3.15. The molecule has 6 nitrogen and oxygen atoms in total. The maximum Gasteiger partial charge on any atom is 0.229 e. The van der Waals surface area contributed by atoms with Crippen molar-refractivity contribution in [3.63, 3.8) is 0 Å². The average Bonchev–Trinajstić information content (AvgIpc) is 3.04. The highest BCUT2D eigenvalue weighted by Crippen LogP contribution is 2.29. The number of benzene rings is 2. The van der Waals surface area contributed by atoms with Gasteiger partial charge in [-0.2, -0.15) is 0 Å². The van der Waals surface area contributed by atoms with Crippen LogP contribution in [0, 0.1) is 5.92 Å². The SMILES string of the molecule is CCc1ccccc1N1CC(C(=O)Nc2ccc(NC(C)=O)cc2)CC1=O. The van der Waals surface area contributed by atoms with Gasteiger partial charge in [0.25, 0.3) is 0 Å². The highest BCUT2D eigenvalue weighted by Gasteiger charge is 2.35. The molecule has 140 valence electrons. The molecule has 0 aliphatic carbocycles. The second-order valence-electron chi connectivity index (χ2n) is 6.64. The Morgan fingerprint density at radius 2 is 1.67 bits per heavy atom. The average molecular weight is 365 g/mol. The number of nitrogens with one attached hydrogen (secondary N) is 2. The van der Waals surface area contributed by atoms with Crippen LogP contribution in [0.15, 0.2) is 48.5 Å². The number of amides is 3. The molecule has 3 rings (SSSR count). The number of carbonyl (C=O) groups excluding carboxylic acids is 3. The van der Waals surface area contributed by atoms with Crippen molar-refractivity contribution in [3.8, 4) is 0 Å². The summed E-state index contributed by atoms with van der Waals surface area (Å²) < 4.78 is 0. The van der Waals surface area contributed by atoms with Gasteiger partial charge in [-0.3, -0.25) is 14.4 Å². The van der Waals surface area contributed by atoms with Crippen LogP contribution in [0.25, 0.3) is 0 Å². The number of hydrogen-bond acceptors (Lipinski definition) is 3. The van der Waals surface area contributed by atoms with Crippen LogP contribution in [0.1, 0.15) is 25.8 Å². The highest BCUT2D eigenvalue weighted by molar-refractivity contribution is 6.04. The molecule has 0 bridgehead atoms. The van der Waals surface area contributed by atoms with Gasteiger partial charge in [-0.15, -0.1) is 0 Å². The maximum atomic E-state index is 12.6. The van der Waals surface area contributed by atoms with Crippen molar-refractivity contribution >= 4 is 34.8 Å². The highest BCUT2D eigenvalue weighted by atomic mass is 16.2. The van der Waals surface area contributed by atoms with Crippen LogP contribution in [0.3, 0.4) is 0 Å². The second-order valence-corrected chi connectivity index (χ2v) is 6.64. The summed E-state index contributed by atoms with van der Waals surface area (Å²) in [5.41, 5.74) is 3.29. The van der Waals surface area contributed by atoms with Crippen molar-refractivity contribution in [3.05, 3.63) is 54.1 Å². The number of nitrogens with zero attached hydrogens (tertiary/aromatic N) is 1. The molecule has 1 atom stereocenters. The van der Waals surface area contributed by atoms with Crippen LogP contribution in [0.2, 0.25) is 0 Å². The van der Waals surface area contributed by atoms with Gasteiger partial charge < -0.3 is 15.5 Å². The zero-order chi connectivity index (χ0) is 19.4. The van der Waals surface area contributed by atoms with E-state index in [1.54, 1.807) is 29.2 Å². The summed E-state index contributed by atoms with van der Waals surface area (Å²) >= 11 is 0. The van der Waals surface area contributed by atoms with E-state index in [0.717, 1.165) is 17.7 Å². The first-order valence-electron chi connectivity index (χ1n) is 9.04. The maximum absolute atomic E-state index is 12.6.